The maximum atomic E-state index is 12.5. The van der Waals surface area contributed by atoms with Crippen molar-refractivity contribution in [1.29, 1.82) is 0 Å². The Balaban J connectivity index is 1.82. The van der Waals surface area contributed by atoms with Gasteiger partial charge >= 0.3 is 5.97 Å². The number of esters is 1. The van der Waals surface area contributed by atoms with Crippen LogP contribution in [0.5, 0.6) is 0 Å². The Kier molecular flexibility index (Phi) is 5.87. The third-order valence-electron chi connectivity index (χ3n) is 4.59. The zero-order valence-corrected chi connectivity index (χ0v) is 15.0. The van der Waals surface area contributed by atoms with Crippen LogP contribution >= 0.6 is 0 Å². The summed E-state index contributed by atoms with van der Waals surface area (Å²) in [4.78, 5) is 12.5. The molecule has 0 bridgehead atoms. The molecule has 2 aromatic rings. The predicted molar refractivity (Wildman–Crippen MR) is 100 cm³/mol. The molecule has 1 saturated heterocycles. The first-order valence-corrected chi connectivity index (χ1v) is 9.07. The van der Waals surface area contributed by atoms with E-state index < -0.39 is 6.10 Å². The predicted octanol–water partition coefficient (Wildman–Crippen LogP) is 5.35. The van der Waals surface area contributed by atoms with Gasteiger partial charge in [-0.25, -0.2) is 4.79 Å². The van der Waals surface area contributed by atoms with Gasteiger partial charge in [0.25, 0.3) is 0 Å². The van der Waals surface area contributed by atoms with Crippen molar-refractivity contribution in [2.45, 2.75) is 51.7 Å². The highest BCUT2D eigenvalue weighted by Gasteiger charge is 2.26. The fourth-order valence-electron chi connectivity index (χ4n) is 3.15. The molecule has 0 aromatic heterocycles. The van der Waals surface area contributed by atoms with Crippen molar-refractivity contribution in [2.75, 3.05) is 6.61 Å². The van der Waals surface area contributed by atoms with Crippen LogP contribution in [0.1, 0.15) is 51.2 Å². The quantitative estimate of drug-likeness (QED) is 0.544. The third kappa shape index (κ3) is 4.70. The summed E-state index contributed by atoms with van der Waals surface area (Å²) < 4.78 is 11.4. The molecule has 0 spiro atoms. The molecule has 2 atom stereocenters. The van der Waals surface area contributed by atoms with Crippen LogP contribution < -0.4 is 0 Å². The van der Waals surface area contributed by atoms with Crippen molar-refractivity contribution in [3.63, 3.8) is 0 Å². The molecule has 1 fully saturated rings. The van der Waals surface area contributed by atoms with Crippen molar-refractivity contribution >= 4 is 16.7 Å². The normalized spacial score (nSPS) is 18.6. The molecule has 3 heteroatoms. The lowest BCUT2D eigenvalue weighted by molar-refractivity contribution is -0.165. The number of ether oxygens (including phenoxy) is 2. The molecule has 3 rings (SSSR count). The molecule has 2 unspecified atom stereocenters. The fourth-order valence-corrected chi connectivity index (χ4v) is 3.15. The first kappa shape index (κ1) is 17.7. The monoisotopic (exact) mass is 338 g/mol. The summed E-state index contributed by atoms with van der Waals surface area (Å²) in [5, 5.41) is 2.35. The number of allylic oxidation sites excluding steroid dienone is 1. The summed E-state index contributed by atoms with van der Waals surface area (Å²) in [5.41, 5.74) is 2.25. The van der Waals surface area contributed by atoms with Gasteiger partial charge in [-0.2, -0.15) is 0 Å². The van der Waals surface area contributed by atoms with Crippen LogP contribution in [0.2, 0.25) is 0 Å². The van der Waals surface area contributed by atoms with E-state index in [1.807, 2.05) is 12.1 Å². The molecule has 3 nitrogen and oxygen atoms in total. The van der Waals surface area contributed by atoms with Crippen LogP contribution in [-0.4, -0.2) is 18.7 Å². The fraction of sp³-hybridized carbons (Fsp3) is 0.409. The zero-order valence-electron chi connectivity index (χ0n) is 15.0. The van der Waals surface area contributed by atoms with Crippen LogP contribution in [0.3, 0.4) is 0 Å². The largest absolute Gasteiger partial charge is 0.455 e. The lowest BCUT2D eigenvalue weighted by Gasteiger charge is -2.24. The molecular formula is C22H26O3. The highest BCUT2D eigenvalue weighted by molar-refractivity contribution is 5.83. The number of fused-ring (bicyclic) bond motifs is 1. The molecule has 132 valence electrons. The minimum Gasteiger partial charge on any atom is -0.455 e. The molecule has 1 aliphatic rings. The minimum absolute atomic E-state index is 0.236. The standard InChI is InChI=1S/C22H26O3/c1-16(2)10-13-20(25-22(23)21-9-5-6-14-24-21)19-12-11-17-7-3-4-8-18(17)15-19/h3-4,7-8,10-12,15,20-21H,5-6,9,13-14H2,1-2H3. The van der Waals surface area contributed by atoms with E-state index >= 15 is 0 Å². The molecule has 0 saturated carbocycles. The van der Waals surface area contributed by atoms with Crippen molar-refractivity contribution in [1.82, 2.24) is 0 Å². The zero-order chi connectivity index (χ0) is 17.6. The van der Waals surface area contributed by atoms with Crippen LogP contribution in [-0.2, 0) is 14.3 Å². The van der Waals surface area contributed by atoms with Gasteiger partial charge in [-0.1, -0.05) is 48.0 Å². The van der Waals surface area contributed by atoms with E-state index in [4.69, 9.17) is 9.47 Å². The molecule has 0 radical (unpaired) electrons. The van der Waals surface area contributed by atoms with Crippen molar-refractivity contribution in [3.8, 4) is 0 Å². The maximum absolute atomic E-state index is 12.5. The molecular weight excluding hydrogens is 312 g/mol. The Morgan fingerprint density at radius 2 is 2.00 bits per heavy atom. The second kappa shape index (κ2) is 8.30. The van der Waals surface area contributed by atoms with E-state index in [1.165, 1.54) is 11.0 Å². The van der Waals surface area contributed by atoms with Gasteiger partial charge in [0.1, 0.15) is 6.10 Å². The van der Waals surface area contributed by atoms with Gasteiger partial charge in [0.05, 0.1) is 0 Å². The molecule has 1 heterocycles. The average Bonchev–Trinajstić information content (AvgIpc) is 2.65. The number of hydrogen-bond acceptors (Lipinski definition) is 3. The van der Waals surface area contributed by atoms with Gasteiger partial charge < -0.3 is 9.47 Å². The van der Waals surface area contributed by atoms with Crippen LogP contribution in [0.4, 0.5) is 0 Å². The Labute approximate surface area is 149 Å². The van der Waals surface area contributed by atoms with Crippen molar-refractivity contribution in [2.24, 2.45) is 0 Å². The van der Waals surface area contributed by atoms with E-state index in [1.54, 1.807) is 0 Å². The summed E-state index contributed by atoms with van der Waals surface area (Å²) in [6, 6.07) is 14.5. The summed E-state index contributed by atoms with van der Waals surface area (Å²) in [6.07, 6.45) is 4.91. The number of carbonyl (C=O) groups is 1. The number of benzene rings is 2. The second-order valence-electron chi connectivity index (χ2n) is 6.90. The van der Waals surface area contributed by atoms with E-state index in [2.05, 4.69) is 50.3 Å². The molecule has 0 aliphatic carbocycles. The van der Waals surface area contributed by atoms with Crippen LogP contribution in [0, 0.1) is 0 Å². The summed E-state index contributed by atoms with van der Waals surface area (Å²) >= 11 is 0. The Morgan fingerprint density at radius 1 is 1.20 bits per heavy atom. The van der Waals surface area contributed by atoms with E-state index in [0.717, 1.165) is 30.2 Å². The van der Waals surface area contributed by atoms with Crippen molar-refractivity contribution in [3.05, 3.63) is 59.7 Å². The summed E-state index contributed by atoms with van der Waals surface area (Å²) in [5.74, 6) is -0.236. The van der Waals surface area contributed by atoms with Gasteiger partial charge in [-0.05, 0) is 55.5 Å². The van der Waals surface area contributed by atoms with Crippen LogP contribution in [0.15, 0.2) is 54.1 Å². The van der Waals surface area contributed by atoms with Gasteiger partial charge in [0, 0.05) is 13.0 Å². The third-order valence-corrected chi connectivity index (χ3v) is 4.59. The lowest BCUT2D eigenvalue weighted by Crippen LogP contribution is -2.31. The molecule has 0 N–H and O–H groups in total. The topological polar surface area (TPSA) is 35.5 Å². The second-order valence-corrected chi connectivity index (χ2v) is 6.90. The Morgan fingerprint density at radius 3 is 2.72 bits per heavy atom. The number of carbonyl (C=O) groups excluding carboxylic acids is 1. The van der Waals surface area contributed by atoms with Crippen LogP contribution in [0.25, 0.3) is 10.8 Å². The Hall–Kier alpha value is -2.13. The van der Waals surface area contributed by atoms with Gasteiger partial charge in [-0.3, -0.25) is 0 Å². The molecule has 25 heavy (non-hydrogen) atoms. The molecule has 0 amide bonds. The number of hydrogen-bond donors (Lipinski definition) is 0. The molecule has 2 aromatic carbocycles. The van der Waals surface area contributed by atoms with Gasteiger partial charge in [0.15, 0.2) is 6.10 Å². The molecule has 1 aliphatic heterocycles. The highest BCUT2D eigenvalue weighted by Crippen LogP contribution is 2.28. The maximum Gasteiger partial charge on any atom is 0.335 e. The highest BCUT2D eigenvalue weighted by atomic mass is 16.6. The summed E-state index contributed by atoms with van der Waals surface area (Å²) in [6.45, 7) is 4.77. The first-order chi connectivity index (χ1) is 12.1. The average molecular weight is 338 g/mol. The van der Waals surface area contributed by atoms with E-state index in [-0.39, 0.29) is 12.1 Å². The van der Waals surface area contributed by atoms with Gasteiger partial charge in [0.2, 0.25) is 0 Å². The van der Waals surface area contributed by atoms with Crippen molar-refractivity contribution < 1.29 is 14.3 Å². The SMILES string of the molecule is CC(C)=CCC(OC(=O)C1CCCCO1)c1ccc2ccccc2c1. The summed E-state index contributed by atoms with van der Waals surface area (Å²) in [7, 11) is 0. The minimum atomic E-state index is -0.414. The smallest absolute Gasteiger partial charge is 0.335 e. The Bertz CT molecular complexity index is 753. The lowest BCUT2D eigenvalue weighted by atomic mass is 10.0. The van der Waals surface area contributed by atoms with E-state index in [0.29, 0.717) is 13.0 Å². The van der Waals surface area contributed by atoms with E-state index in [9.17, 15) is 4.79 Å². The van der Waals surface area contributed by atoms with Gasteiger partial charge in [-0.15, -0.1) is 0 Å². The number of rotatable bonds is 5. The first-order valence-electron chi connectivity index (χ1n) is 9.07.